The Bertz CT molecular complexity index is 377. The molecular weight excluding hydrogens is 188 g/mol. The van der Waals surface area contributed by atoms with Crippen molar-refractivity contribution in [3.8, 4) is 0 Å². The zero-order chi connectivity index (χ0) is 11.4. The van der Waals surface area contributed by atoms with Crippen LogP contribution in [0.25, 0.3) is 0 Å². The molecule has 1 aromatic rings. The first-order valence-corrected chi connectivity index (χ1v) is 5.26. The van der Waals surface area contributed by atoms with E-state index in [4.69, 9.17) is 0 Å². The molecule has 15 heavy (non-hydrogen) atoms. The SMILES string of the molecule is C=C(C)CCC(=O)c1cc(C)nn1CC. The fraction of sp³-hybridized carbons (Fsp3) is 0.500. The van der Waals surface area contributed by atoms with Crippen LogP contribution in [0.1, 0.15) is 42.9 Å². The molecule has 3 nitrogen and oxygen atoms in total. The van der Waals surface area contributed by atoms with Gasteiger partial charge in [-0.15, -0.1) is 6.58 Å². The summed E-state index contributed by atoms with van der Waals surface area (Å²) in [6.07, 6.45) is 1.28. The van der Waals surface area contributed by atoms with Gasteiger partial charge in [0.2, 0.25) is 0 Å². The van der Waals surface area contributed by atoms with Crippen LogP contribution in [0.5, 0.6) is 0 Å². The number of carbonyl (C=O) groups excluding carboxylic acids is 1. The largest absolute Gasteiger partial charge is 0.292 e. The minimum Gasteiger partial charge on any atom is -0.292 e. The fourth-order valence-electron chi connectivity index (χ4n) is 1.47. The van der Waals surface area contributed by atoms with Crippen LogP contribution < -0.4 is 0 Å². The van der Waals surface area contributed by atoms with Gasteiger partial charge in [0.15, 0.2) is 5.78 Å². The van der Waals surface area contributed by atoms with Crippen molar-refractivity contribution in [2.75, 3.05) is 0 Å². The van der Waals surface area contributed by atoms with Crippen molar-refractivity contribution in [3.63, 3.8) is 0 Å². The molecule has 0 fully saturated rings. The highest BCUT2D eigenvalue weighted by atomic mass is 16.1. The Morgan fingerprint density at radius 2 is 2.20 bits per heavy atom. The van der Waals surface area contributed by atoms with E-state index in [2.05, 4.69) is 11.7 Å². The number of aryl methyl sites for hydroxylation is 2. The normalized spacial score (nSPS) is 10.3. The average molecular weight is 206 g/mol. The summed E-state index contributed by atoms with van der Waals surface area (Å²) in [4.78, 5) is 11.8. The lowest BCUT2D eigenvalue weighted by Gasteiger charge is -2.03. The number of Topliss-reactive ketones (excluding diaryl/α,β-unsaturated/α-hetero) is 1. The van der Waals surface area contributed by atoms with E-state index in [0.717, 1.165) is 29.9 Å². The molecular formula is C12H18N2O. The smallest absolute Gasteiger partial charge is 0.181 e. The zero-order valence-electron chi connectivity index (χ0n) is 9.71. The third kappa shape index (κ3) is 3.05. The molecule has 1 heterocycles. The molecule has 0 aliphatic rings. The Morgan fingerprint density at radius 3 is 2.73 bits per heavy atom. The van der Waals surface area contributed by atoms with Gasteiger partial charge in [0, 0.05) is 13.0 Å². The number of nitrogens with zero attached hydrogens (tertiary/aromatic N) is 2. The summed E-state index contributed by atoms with van der Waals surface area (Å²) >= 11 is 0. The molecule has 0 saturated carbocycles. The quantitative estimate of drug-likeness (QED) is 0.548. The summed E-state index contributed by atoms with van der Waals surface area (Å²) in [5, 5.41) is 4.25. The number of ketones is 1. The van der Waals surface area contributed by atoms with Crippen LogP contribution in [0.2, 0.25) is 0 Å². The summed E-state index contributed by atoms with van der Waals surface area (Å²) in [5.41, 5.74) is 2.66. The van der Waals surface area contributed by atoms with Gasteiger partial charge < -0.3 is 0 Å². The monoisotopic (exact) mass is 206 g/mol. The first kappa shape index (κ1) is 11.7. The maximum Gasteiger partial charge on any atom is 0.181 e. The fourth-order valence-corrected chi connectivity index (χ4v) is 1.47. The standard InChI is InChI=1S/C12H18N2O/c1-5-14-11(8-10(4)13-14)12(15)7-6-9(2)3/h8H,2,5-7H2,1,3-4H3. The van der Waals surface area contributed by atoms with Crippen LogP contribution in [0.3, 0.4) is 0 Å². The van der Waals surface area contributed by atoms with Crippen molar-refractivity contribution in [1.82, 2.24) is 9.78 Å². The van der Waals surface area contributed by atoms with Crippen LogP contribution in [0.4, 0.5) is 0 Å². The van der Waals surface area contributed by atoms with Gasteiger partial charge in [0.05, 0.1) is 5.69 Å². The van der Waals surface area contributed by atoms with Gasteiger partial charge in [0.25, 0.3) is 0 Å². The van der Waals surface area contributed by atoms with E-state index in [9.17, 15) is 4.79 Å². The van der Waals surface area contributed by atoms with E-state index in [0.29, 0.717) is 6.42 Å². The minimum absolute atomic E-state index is 0.153. The molecule has 82 valence electrons. The van der Waals surface area contributed by atoms with E-state index in [1.54, 1.807) is 4.68 Å². The molecule has 0 radical (unpaired) electrons. The second-order valence-electron chi connectivity index (χ2n) is 3.87. The number of aromatic nitrogens is 2. The molecule has 0 unspecified atom stereocenters. The first-order valence-electron chi connectivity index (χ1n) is 5.26. The van der Waals surface area contributed by atoms with E-state index in [1.165, 1.54) is 0 Å². The van der Waals surface area contributed by atoms with Crippen molar-refractivity contribution in [2.24, 2.45) is 0 Å². The van der Waals surface area contributed by atoms with E-state index in [1.807, 2.05) is 26.8 Å². The van der Waals surface area contributed by atoms with Crippen LogP contribution in [0.15, 0.2) is 18.2 Å². The van der Waals surface area contributed by atoms with Gasteiger partial charge in [0.1, 0.15) is 5.69 Å². The number of carbonyl (C=O) groups is 1. The highest BCUT2D eigenvalue weighted by Crippen LogP contribution is 2.10. The van der Waals surface area contributed by atoms with Crippen molar-refractivity contribution in [2.45, 2.75) is 40.2 Å². The van der Waals surface area contributed by atoms with Crippen molar-refractivity contribution in [1.29, 1.82) is 0 Å². The highest BCUT2D eigenvalue weighted by Gasteiger charge is 2.12. The lowest BCUT2D eigenvalue weighted by atomic mass is 10.1. The van der Waals surface area contributed by atoms with Crippen LogP contribution >= 0.6 is 0 Å². The number of allylic oxidation sites excluding steroid dienone is 1. The summed E-state index contributed by atoms with van der Waals surface area (Å²) in [6, 6.07) is 1.85. The molecule has 0 atom stereocenters. The zero-order valence-corrected chi connectivity index (χ0v) is 9.71. The first-order chi connectivity index (χ1) is 7.04. The van der Waals surface area contributed by atoms with Gasteiger partial charge in [-0.3, -0.25) is 9.48 Å². The van der Waals surface area contributed by atoms with Gasteiger partial charge in [-0.05, 0) is 33.3 Å². The van der Waals surface area contributed by atoms with Gasteiger partial charge in [-0.25, -0.2) is 0 Å². The van der Waals surface area contributed by atoms with Crippen molar-refractivity contribution < 1.29 is 4.79 Å². The lowest BCUT2D eigenvalue weighted by molar-refractivity contribution is 0.0972. The predicted octanol–water partition coefficient (Wildman–Crippen LogP) is 2.75. The molecule has 0 saturated heterocycles. The molecule has 0 aliphatic heterocycles. The van der Waals surface area contributed by atoms with Gasteiger partial charge in [-0.1, -0.05) is 5.57 Å². The van der Waals surface area contributed by atoms with Crippen LogP contribution in [-0.2, 0) is 6.54 Å². The molecule has 1 rings (SSSR count). The van der Waals surface area contributed by atoms with Crippen molar-refractivity contribution >= 4 is 5.78 Å². The Kier molecular flexibility index (Phi) is 3.83. The number of hydrogen-bond acceptors (Lipinski definition) is 2. The molecule has 0 N–H and O–H groups in total. The Morgan fingerprint density at radius 1 is 1.53 bits per heavy atom. The minimum atomic E-state index is 0.153. The third-order valence-electron chi connectivity index (χ3n) is 2.27. The second-order valence-corrected chi connectivity index (χ2v) is 3.87. The maximum atomic E-state index is 11.8. The Labute approximate surface area is 90.8 Å². The molecule has 0 aliphatic carbocycles. The Hall–Kier alpha value is -1.38. The van der Waals surface area contributed by atoms with E-state index in [-0.39, 0.29) is 5.78 Å². The molecule has 1 aromatic heterocycles. The maximum absolute atomic E-state index is 11.8. The molecule has 0 bridgehead atoms. The van der Waals surface area contributed by atoms with E-state index < -0.39 is 0 Å². The van der Waals surface area contributed by atoms with Crippen LogP contribution in [-0.4, -0.2) is 15.6 Å². The number of rotatable bonds is 5. The summed E-state index contributed by atoms with van der Waals surface area (Å²) in [5.74, 6) is 0.153. The average Bonchev–Trinajstić information content (AvgIpc) is 2.56. The topological polar surface area (TPSA) is 34.9 Å². The predicted molar refractivity (Wildman–Crippen MR) is 61.0 cm³/mol. The van der Waals surface area contributed by atoms with Gasteiger partial charge in [-0.2, -0.15) is 5.10 Å². The van der Waals surface area contributed by atoms with Gasteiger partial charge >= 0.3 is 0 Å². The third-order valence-corrected chi connectivity index (χ3v) is 2.27. The van der Waals surface area contributed by atoms with Crippen molar-refractivity contribution in [3.05, 3.63) is 29.6 Å². The molecule has 0 aromatic carbocycles. The second kappa shape index (κ2) is 4.91. The molecule has 3 heteroatoms. The highest BCUT2D eigenvalue weighted by molar-refractivity contribution is 5.94. The number of hydrogen-bond donors (Lipinski definition) is 0. The molecule has 0 amide bonds. The summed E-state index contributed by atoms with van der Waals surface area (Å²) < 4.78 is 1.76. The van der Waals surface area contributed by atoms with Crippen LogP contribution in [0, 0.1) is 6.92 Å². The van der Waals surface area contributed by atoms with E-state index >= 15 is 0 Å². The lowest BCUT2D eigenvalue weighted by Crippen LogP contribution is -2.09. The summed E-state index contributed by atoms with van der Waals surface area (Å²) in [6.45, 7) is 10.4. The molecule has 0 spiro atoms. The summed E-state index contributed by atoms with van der Waals surface area (Å²) in [7, 11) is 0. The Balaban J connectivity index is 2.76.